The molecule has 0 spiro atoms. The van der Waals surface area contributed by atoms with E-state index < -0.39 is 11.9 Å². The van der Waals surface area contributed by atoms with E-state index in [4.69, 9.17) is 14.2 Å². The number of pyridine rings is 2. The first-order valence-electron chi connectivity index (χ1n) is 17.1. The van der Waals surface area contributed by atoms with Gasteiger partial charge in [0, 0.05) is 41.0 Å². The molecule has 6 aromatic rings. The van der Waals surface area contributed by atoms with Crippen LogP contribution in [-0.4, -0.2) is 110 Å². The van der Waals surface area contributed by atoms with E-state index in [0.29, 0.717) is 51.4 Å². The Kier molecular flexibility index (Phi) is 14.9. The second-order valence-corrected chi connectivity index (χ2v) is 13.0. The molecule has 0 atom stereocenters. The molecule has 0 saturated carbocycles. The van der Waals surface area contributed by atoms with E-state index in [0.717, 1.165) is 12.1 Å². The maximum absolute atomic E-state index is 12.0. The van der Waals surface area contributed by atoms with Gasteiger partial charge in [0.2, 0.25) is 0 Å². The van der Waals surface area contributed by atoms with Gasteiger partial charge in [-0.1, -0.05) is 36.4 Å². The number of benzene rings is 4. The molecule has 2 N–H and O–H groups in total. The number of nitrogens with zero attached hydrogens (tertiary/aromatic N) is 5. The Morgan fingerprint density at radius 3 is 1.56 bits per heavy atom. The van der Waals surface area contributed by atoms with Crippen LogP contribution in [0.1, 0.15) is 26.7 Å². The van der Waals surface area contributed by atoms with Crippen LogP contribution in [0.3, 0.4) is 0 Å². The predicted octanol–water partition coefficient (Wildman–Crippen LogP) is 7.17. The first kappa shape index (κ1) is 41.5. The molecule has 4 aromatic carbocycles. The Morgan fingerprint density at radius 1 is 0.582 bits per heavy atom. The van der Waals surface area contributed by atoms with Crippen LogP contribution in [0.4, 0.5) is 0 Å². The summed E-state index contributed by atoms with van der Waals surface area (Å²) in [4.78, 5) is 38.0. The summed E-state index contributed by atoms with van der Waals surface area (Å²) in [5.74, 6) is 0.668. The number of aromatic hydroxyl groups is 2. The highest BCUT2D eigenvalue weighted by Gasteiger charge is 2.21. The SMILES string of the molecule is CN(C)CN(C)C.COC(=O)c1nc(CN(C)C)c2ccc(Oc3ccccc3)cc2c1O.COC(=O)c1ncc2ccc(Oc3ccccc3)cc2c1O. The second-order valence-electron chi connectivity index (χ2n) is 13.0. The normalized spacial score (nSPS) is 10.7. The van der Waals surface area contributed by atoms with Gasteiger partial charge in [0.1, 0.15) is 23.0 Å². The first-order valence-corrected chi connectivity index (χ1v) is 17.1. The van der Waals surface area contributed by atoms with Gasteiger partial charge >= 0.3 is 11.9 Å². The van der Waals surface area contributed by atoms with Crippen LogP contribution in [0.5, 0.6) is 34.5 Å². The summed E-state index contributed by atoms with van der Waals surface area (Å²) in [5.41, 5.74) is 0.454. The highest BCUT2D eigenvalue weighted by Crippen LogP contribution is 2.35. The maximum atomic E-state index is 12.0. The van der Waals surface area contributed by atoms with Crippen LogP contribution in [-0.2, 0) is 16.0 Å². The van der Waals surface area contributed by atoms with Gasteiger partial charge < -0.3 is 34.1 Å². The van der Waals surface area contributed by atoms with Crippen molar-refractivity contribution in [3.05, 3.63) is 120 Å². The van der Waals surface area contributed by atoms with Crippen LogP contribution >= 0.6 is 0 Å². The number of ether oxygens (including phenoxy) is 4. The Morgan fingerprint density at radius 2 is 1.07 bits per heavy atom. The summed E-state index contributed by atoms with van der Waals surface area (Å²) in [6.07, 6.45) is 1.51. The van der Waals surface area contributed by atoms with Gasteiger partial charge in [-0.05, 0) is 103 Å². The number of rotatable bonds is 10. The summed E-state index contributed by atoms with van der Waals surface area (Å²) >= 11 is 0. The van der Waals surface area contributed by atoms with Crippen molar-refractivity contribution >= 4 is 33.5 Å². The number of hydrogen-bond donors (Lipinski definition) is 2. The maximum Gasteiger partial charge on any atom is 0.360 e. The van der Waals surface area contributed by atoms with Gasteiger partial charge in [-0.2, -0.15) is 0 Å². The molecule has 6 rings (SSSR count). The number of para-hydroxylation sites is 2. The fourth-order valence-corrected chi connectivity index (χ4v) is 5.37. The molecule has 2 heterocycles. The average Bonchev–Trinajstić information content (AvgIpc) is 3.16. The third kappa shape index (κ3) is 11.6. The monoisotopic (exact) mass is 749 g/mol. The predicted molar refractivity (Wildman–Crippen MR) is 212 cm³/mol. The summed E-state index contributed by atoms with van der Waals surface area (Å²) < 4.78 is 20.9. The average molecular weight is 750 g/mol. The lowest BCUT2D eigenvalue weighted by Crippen LogP contribution is -2.26. The van der Waals surface area contributed by atoms with Crippen molar-refractivity contribution in [1.29, 1.82) is 0 Å². The molecule has 13 nitrogen and oxygen atoms in total. The van der Waals surface area contributed by atoms with Crippen molar-refractivity contribution in [1.82, 2.24) is 24.7 Å². The van der Waals surface area contributed by atoms with E-state index in [9.17, 15) is 19.8 Å². The van der Waals surface area contributed by atoms with Crippen LogP contribution in [0.25, 0.3) is 21.5 Å². The molecule has 0 aliphatic carbocycles. The minimum atomic E-state index is -0.686. The van der Waals surface area contributed by atoms with Gasteiger partial charge in [-0.3, -0.25) is 9.80 Å². The minimum Gasteiger partial charge on any atom is -0.505 e. The van der Waals surface area contributed by atoms with Crippen LogP contribution in [0, 0.1) is 0 Å². The highest BCUT2D eigenvalue weighted by atomic mass is 16.5. The zero-order chi connectivity index (χ0) is 40.1. The molecular formula is C42H47N5O8. The number of carbonyl (C=O) groups excluding carboxylic acids is 2. The molecule has 2 aromatic heterocycles. The smallest absolute Gasteiger partial charge is 0.360 e. The second kappa shape index (κ2) is 19.7. The van der Waals surface area contributed by atoms with Gasteiger partial charge in [-0.25, -0.2) is 19.6 Å². The van der Waals surface area contributed by atoms with E-state index in [1.165, 1.54) is 20.4 Å². The van der Waals surface area contributed by atoms with E-state index in [2.05, 4.69) is 52.7 Å². The molecule has 0 unspecified atom stereocenters. The number of fused-ring (bicyclic) bond motifs is 2. The molecule has 0 radical (unpaired) electrons. The van der Waals surface area contributed by atoms with Crippen molar-refractivity contribution in [2.24, 2.45) is 0 Å². The molecule has 55 heavy (non-hydrogen) atoms. The van der Waals surface area contributed by atoms with Gasteiger partial charge in [0.25, 0.3) is 0 Å². The molecule has 0 saturated heterocycles. The molecule has 0 amide bonds. The molecular weight excluding hydrogens is 702 g/mol. The number of methoxy groups -OCH3 is 2. The van der Waals surface area contributed by atoms with E-state index >= 15 is 0 Å². The van der Waals surface area contributed by atoms with E-state index in [1.807, 2.05) is 91.8 Å². The zero-order valence-corrected chi connectivity index (χ0v) is 32.3. The third-order valence-electron chi connectivity index (χ3n) is 7.61. The topological polar surface area (TPSA) is 147 Å². The molecule has 13 heteroatoms. The fraction of sp³-hybridized carbons (Fsp3) is 0.238. The number of aromatic nitrogens is 2. The van der Waals surface area contributed by atoms with Crippen molar-refractivity contribution < 1.29 is 38.7 Å². The molecule has 0 bridgehead atoms. The van der Waals surface area contributed by atoms with E-state index in [1.54, 1.807) is 24.3 Å². The highest BCUT2D eigenvalue weighted by molar-refractivity contribution is 6.01. The summed E-state index contributed by atoms with van der Waals surface area (Å²) in [5, 5.41) is 23.2. The van der Waals surface area contributed by atoms with Crippen LogP contribution in [0.2, 0.25) is 0 Å². The van der Waals surface area contributed by atoms with Crippen molar-refractivity contribution in [3.63, 3.8) is 0 Å². The number of esters is 2. The minimum absolute atomic E-state index is 0.103. The van der Waals surface area contributed by atoms with Gasteiger partial charge in [-0.15, -0.1) is 0 Å². The van der Waals surface area contributed by atoms with E-state index in [-0.39, 0.29) is 22.9 Å². The standard InChI is InChI=1S/C20H20N2O4.C17H13NO4.C5H14N2/c1-22(2)12-17-15-10-9-14(26-13-7-5-4-6-8-13)11-16(15)19(23)18(21-17)20(24)25-3;1-21-17(20)15-16(19)14-9-13(8-7-11(14)10-18-15)22-12-5-3-2-4-6-12;1-6(2)5-7(3)4/h4-11,23H,12H2,1-3H3;2-10,19H,1H3;5H2,1-4H3. The van der Waals surface area contributed by atoms with Gasteiger partial charge in [0.15, 0.2) is 22.9 Å². The van der Waals surface area contributed by atoms with Crippen molar-refractivity contribution in [3.8, 4) is 34.5 Å². The summed E-state index contributed by atoms with van der Waals surface area (Å²) in [7, 11) is 14.5. The fourth-order valence-electron chi connectivity index (χ4n) is 5.37. The Labute approximate surface area is 320 Å². The van der Waals surface area contributed by atoms with Crippen LogP contribution < -0.4 is 9.47 Å². The Balaban J connectivity index is 0.000000211. The van der Waals surface area contributed by atoms with Gasteiger partial charge in [0.05, 0.1) is 19.9 Å². The van der Waals surface area contributed by atoms with Crippen molar-refractivity contribution in [2.75, 3.05) is 63.2 Å². The lowest BCUT2D eigenvalue weighted by molar-refractivity contribution is 0.0581. The summed E-state index contributed by atoms with van der Waals surface area (Å²) in [6, 6.07) is 29.2. The lowest BCUT2D eigenvalue weighted by atomic mass is 10.1. The number of hydrogen-bond acceptors (Lipinski definition) is 13. The zero-order valence-electron chi connectivity index (χ0n) is 32.3. The van der Waals surface area contributed by atoms with Crippen LogP contribution in [0.15, 0.2) is 103 Å². The molecule has 0 aliphatic rings. The number of carbonyl (C=O) groups is 2. The molecule has 288 valence electrons. The molecule has 0 aliphatic heterocycles. The molecule has 0 fully saturated rings. The summed E-state index contributed by atoms with van der Waals surface area (Å²) in [6.45, 7) is 1.54. The third-order valence-corrected chi connectivity index (χ3v) is 7.61. The quantitative estimate of drug-likeness (QED) is 0.108. The first-order chi connectivity index (χ1) is 26.3. The Bertz CT molecular complexity index is 2190. The largest absolute Gasteiger partial charge is 0.505 e. The Hall–Kier alpha value is -6.28. The lowest BCUT2D eigenvalue weighted by Gasteiger charge is -2.15. The van der Waals surface area contributed by atoms with Crippen molar-refractivity contribution in [2.45, 2.75) is 6.54 Å².